The van der Waals surface area contributed by atoms with Crippen molar-refractivity contribution in [1.29, 1.82) is 5.26 Å². The Bertz CT molecular complexity index is 1200. The lowest BCUT2D eigenvalue weighted by molar-refractivity contribution is -0.112. The maximum atomic E-state index is 12.6. The van der Waals surface area contributed by atoms with Crippen LogP contribution in [-0.4, -0.2) is 12.5 Å². The second kappa shape index (κ2) is 11.7. The van der Waals surface area contributed by atoms with E-state index in [0.29, 0.717) is 36.0 Å². The number of amides is 1. The van der Waals surface area contributed by atoms with Crippen molar-refractivity contribution in [3.63, 3.8) is 0 Å². The molecule has 0 aliphatic rings. The molecule has 3 aromatic rings. The number of hydrogen-bond acceptors (Lipinski definition) is 4. The van der Waals surface area contributed by atoms with Crippen LogP contribution in [-0.2, 0) is 17.8 Å². The fourth-order valence-corrected chi connectivity index (χ4v) is 3.65. The van der Waals surface area contributed by atoms with Crippen LogP contribution in [0.2, 0.25) is 0 Å². The minimum absolute atomic E-state index is 0.00548. The maximum absolute atomic E-state index is 12.6. The molecular formula is C29H30N2O3. The molecule has 1 amide bonds. The van der Waals surface area contributed by atoms with Crippen LogP contribution in [0.15, 0.2) is 66.2 Å². The van der Waals surface area contributed by atoms with Gasteiger partial charge in [0.25, 0.3) is 5.91 Å². The Morgan fingerprint density at radius 3 is 2.24 bits per heavy atom. The Labute approximate surface area is 201 Å². The lowest BCUT2D eigenvalue weighted by Crippen LogP contribution is -2.13. The van der Waals surface area contributed by atoms with Crippen molar-refractivity contribution in [2.45, 2.75) is 40.7 Å². The second-order valence-corrected chi connectivity index (χ2v) is 8.10. The average molecular weight is 455 g/mol. The summed E-state index contributed by atoms with van der Waals surface area (Å²) in [5.74, 6) is 0.713. The molecule has 0 saturated carbocycles. The zero-order valence-electron chi connectivity index (χ0n) is 20.1. The van der Waals surface area contributed by atoms with E-state index in [1.54, 1.807) is 24.3 Å². The molecule has 1 N–H and O–H groups in total. The molecular weight excluding hydrogens is 424 g/mol. The average Bonchev–Trinajstić information content (AvgIpc) is 2.82. The molecule has 0 aromatic heterocycles. The summed E-state index contributed by atoms with van der Waals surface area (Å²) in [7, 11) is 0. The number of nitrogens with one attached hydrogen (secondary N) is 1. The predicted octanol–water partition coefficient (Wildman–Crippen LogP) is 6.39. The van der Waals surface area contributed by atoms with E-state index in [1.807, 2.05) is 37.3 Å². The quantitative estimate of drug-likeness (QED) is 0.300. The van der Waals surface area contributed by atoms with Gasteiger partial charge in [0, 0.05) is 5.69 Å². The molecule has 0 atom stereocenters. The highest BCUT2D eigenvalue weighted by Gasteiger charge is 2.12. The van der Waals surface area contributed by atoms with Crippen LogP contribution < -0.4 is 14.8 Å². The summed E-state index contributed by atoms with van der Waals surface area (Å²) < 4.78 is 11.8. The van der Waals surface area contributed by atoms with Gasteiger partial charge in [0.05, 0.1) is 6.61 Å². The number of aryl methyl sites for hydroxylation is 3. The van der Waals surface area contributed by atoms with Crippen LogP contribution in [0.25, 0.3) is 6.08 Å². The topological polar surface area (TPSA) is 71.3 Å². The smallest absolute Gasteiger partial charge is 0.266 e. The number of rotatable bonds is 9. The Morgan fingerprint density at radius 1 is 0.912 bits per heavy atom. The minimum Gasteiger partial charge on any atom is -0.490 e. The number of carbonyl (C=O) groups excluding carboxylic acids is 1. The molecule has 34 heavy (non-hydrogen) atoms. The van der Waals surface area contributed by atoms with Crippen LogP contribution in [0.4, 0.5) is 5.69 Å². The first kappa shape index (κ1) is 24.6. The first-order valence-corrected chi connectivity index (χ1v) is 11.4. The molecule has 3 aromatic carbocycles. The lowest BCUT2D eigenvalue weighted by Gasteiger charge is -2.13. The number of ether oxygens (including phenoxy) is 2. The summed E-state index contributed by atoms with van der Waals surface area (Å²) in [6.07, 6.45) is 2.47. The summed E-state index contributed by atoms with van der Waals surface area (Å²) in [6.45, 7) is 8.97. The van der Waals surface area contributed by atoms with Crippen molar-refractivity contribution < 1.29 is 14.3 Å². The second-order valence-electron chi connectivity index (χ2n) is 8.10. The molecule has 0 radical (unpaired) electrons. The van der Waals surface area contributed by atoms with Gasteiger partial charge in [0.1, 0.15) is 18.2 Å². The van der Waals surface area contributed by atoms with E-state index >= 15 is 0 Å². The molecule has 3 rings (SSSR count). The van der Waals surface area contributed by atoms with E-state index in [0.717, 1.165) is 12.0 Å². The van der Waals surface area contributed by atoms with Crippen molar-refractivity contribution >= 4 is 17.7 Å². The van der Waals surface area contributed by atoms with Crippen molar-refractivity contribution in [3.8, 4) is 17.6 Å². The highest BCUT2D eigenvalue weighted by molar-refractivity contribution is 6.09. The summed E-state index contributed by atoms with van der Waals surface area (Å²) >= 11 is 0. The molecule has 5 nitrogen and oxygen atoms in total. The van der Waals surface area contributed by atoms with Crippen LogP contribution in [0, 0.1) is 25.2 Å². The molecule has 0 aliphatic heterocycles. The van der Waals surface area contributed by atoms with Gasteiger partial charge in [-0.25, -0.2) is 0 Å². The summed E-state index contributed by atoms with van der Waals surface area (Å²) in [4.78, 5) is 12.6. The van der Waals surface area contributed by atoms with Gasteiger partial charge in [-0.15, -0.1) is 0 Å². The number of anilines is 1. The van der Waals surface area contributed by atoms with E-state index in [1.165, 1.54) is 16.7 Å². The van der Waals surface area contributed by atoms with Crippen LogP contribution in [0.5, 0.6) is 11.5 Å². The van der Waals surface area contributed by atoms with E-state index < -0.39 is 5.91 Å². The Balaban J connectivity index is 1.77. The third-order valence-electron chi connectivity index (χ3n) is 5.24. The van der Waals surface area contributed by atoms with Gasteiger partial charge in [0.2, 0.25) is 0 Å². The normalized spacial score (nSPS) is 11.0. The zero-order chi connectivity index (χ0) is 24.5. The van der Waals surface area contributed by atoms with Crippen LogP contribution in [0.1, 0.15) is 41.7 Å². The molecule has 174 valence electrons. The molecule has 5 heteroatoms. The molecule has 0 unspecified atom stereocenters. The third kappa shape index (κ3) is 6.73. The van der Waals surface area contributed by atoms with Crippen molar-refractivity contribution in [2.24, 2.45) is 0 Å². The van der Waals surface area contributed by atoms with Gasteiger partial charge < -0.3 is 14.8 Å². The number of nitrogens with zero attached hydrogens (tertiary/aromatic N) is 1. The van der Waals surface area contributed by atoms with Crippen LogP contribution >= 0.6 is 0 Å². The lowest BCUT2D eigenvalue weighted by atomic mass is 10.1. The van der Waals surface area contributed by atoms with Gasteiger partial charge in [-0.2, -0.15) is 5.26 Å². The minimum atomic E-state index is -0.458. The monoisotopic (exact) mass is 454 g/mol. The third-order valence-corrected chi connectivity index (χ3v) is 5.24. The highest BCUT2D eigenvalue weighted by Crippen LogP contribution is 2.30. The fourth-order valence-electron chi connectivity index (χ4n) is 3.65. The Morgan fingerprint density at radius 2 is 1.62 bits per heavy atom. The molecule has 0 bridgehead atoms. The SMILES string of the molecule is CCOc1cc(/C=C(\C#N)C(=O)Nc2ccc(CC)cc2)ccc1OCc1cc(C)cc(C)c1. The van der Waals surface area contributed by atoms with E-state index in [-0.39, 0.29) is 5.57 Å². The molecule has 0 aliphatic carbocycles. The molecule has 0 heterocycles. The number of benzene rings is 3. The van der Waals surface area contributed by atoms with Gasteiger partial charge >= 0.3 is 0 Å². The number of nitriles is 1. The van der Waals surface area contributed by atoms with Crippen LogP contribution in [0.3, 0.4) is 0 Å². The van der Waals surface area contributed by atoms with Gasteiger partial charge in [-0.3, -0.25) is 4.79 Å². The Kier molecular flexibility index (Phi) is 8.48. The van der Waals surface area contributed by atoms with Gasteiger partial charge in [-0.05, 0) is 74.2 Å². The van der Waals surface area contributed by atoms with E-state index in [4.69, 9.17) is 9.47 Å². The van der Waals surface area contributed by atoms with Gasteiger partial charge in [-0.1, -0.05) is 54.4 Å². The summed E-state index contributed by atoms with van der Waals surface area (Å²) in [5.41, 5.74) is 5.96. The predicted molar refractivity (Wildman–Crippen MR) is 136 cm³/mol. The highest BCUT2D eigenvalue weighted by atomic mass is 16.5. The largest absolute Gasteiger partial charge is 0.490 e. The van der Waals surface area contributed by atoms with E-state index in [9.17, 15) is 10.1 Å². The first-order chi connectivity index (χ1) is 16.4. The number of hydrogen-bond donors (Lipinski definition) is 1. The van der Waals surface area contributed by atoms with Gasteiger partial charge in [0.15, 0.2) is 11.5 Å². The zero-order valence-corrected chi connectivity index (χ0v) is 20.1. The van der Waals surface area contributed by atoms with E-state index in [2.05, 4.69) is 44.3 Å². The van der Waals surface area contributed by atoms with Crippen molar-refractivity contribution in [3.05, 3.63) is 94.1 Å². The Hall–Kier alpha value is -4.04. The number of carbonyl (C=O) groups is 1. The summed E-state index contributed by atoms with van der Waals surface area (Å²) in [5, 5.41) is 12.3. The maximum Gasteiger partial charge on any atom is 0.266 e. The molecule has 0 spiro atoms. The summed E-state index contributed by atoms with van der Waals surface area (Å²) in [6, 6.07) is 21.3. The van der Waals surface area contributed by atoms with Crippen molar-refractivity contribution in [1.82, 2.24) is 0 Å². The fraction of sp³-hybridized carbons (Fsp3) is 0.241. The molecule has 0 saturated heterocycles. The molecule has 0 fully saturated rings. The first-order valence-electron chi connectivity index (χ1n) is 11.4. The van der Waals surface area contributed by atoms with Crippen molar-refractivity contribution in [2.75, 3.05) is 11.9 Å². The standard InChI is InChI=1S/C29H30N2O3/c1-5-22-7-10-26(11-8-22)31-29(32)25(18-30)16-23-9-12-27(28(17-23)33-6-2)34-19-24-14-20(3)13-21(4)15-24/h7-17H,5-6,19H2,1-4H3,(H,31,32)/b25-16+.